The molecule has 8 heteroatoms. The first kappa shape index (κ1) is 19.0. The molecule has 1 unspecified atom stereocenters. The van der Waals surface area contributed by atoms with Gasteiger partial charge < -0.3 is 14.6 Å². The molecule has 0 saturated carbocycles. The lowest BCUT2D eigenvalue weighted by Crippen LogP contribution is -2.34. The van der Waals surface area contributed by atoms with Crippen LogP contribution in [0.25, 0.3) is 11.6 Å². The third-order valence-corrected chi connectivity index (χ3v) is 3.31. The number of rotatable bonds is 6. The molecule has 25 heavy (non-hydrogen) atoms. The minimum absolute atomic E-state index is 0.105. The lowest BCUT2D eigenvalue weighted by molar-refractivity contribution is 0.0524. The molecule has 0 bridgehead atoms. The third-order valence-electron chi connectivity index (χ3n) is 3.31. The molecule has 2 aromatic rings. The molecular formula is C17H27N5O3. The maximum atomic E-state index is 11.7. The van der Waals surface area contributed by atoms with Crippen LogP contribution in [0.15, 0.2) is 16.8 Å². The van der Waals surface area contributed by atoms with Crippen molar-refractivity contribution in [2.45, 2.75) is 59.6 Å². The van der Waals surface area contributed by atoms with E-state index in [1.807, 2.05) is 38.4 Å². The van der Waals surface area contributed by atoms with E-state index in [-0.39, 0.29) is 5.92 Å². The van der Waals surface area contributed by atoms with E-state index in [2.05, 4.69) is 34.4 Å². The zero-order valence-corrected chi connectivity index (χ0v) is 15.7. The Bertz CT molecular complexity index is 699. The molecule has 0 spiro atoms. The number of ether oxygens (including phenoxy) is 1. The Balaban J connectivity index is 1.99. The van der Waals surface area contributed by atoms with E-state index in [9.17, 15) is 4.79 Å². The van der Waals surface area contributed by atoms with Crippen LogP contribution in [0.4, 0.5) is 4.79 Å². The van der Waals surface area contributed by atoms with Gasteiger partial charge in [-0.3, -0.25) is 4.68 Å². The Morgan fingerprint density at radius 2 is 2.08 bits per heavy atom. The zero-order chi connectivity index (χ0) is 18.6. The molecule has 0 saturated heterocycles. The Morgan fingerprint density at radius 1 is 1.36 bits per heavy atom. The Labute approximate surface area is 147 Å². The second-order valence-electron chi connectivity index (χ2n) is 7.53. The highest BCUT2D eigenvalue weighted by Crippen LogP contribution is 2.20. The summed E-state index contributed by atoms with van der Waals surface area (Å²) in [6.45, 7) is 12.8. The molecule has 0 fully saturated rings. The molecule has 8 nitrogen and oxygen atoms in total. The van der Waals surface area contributed by atoms with Crippen LogP contribution in [0.3, 0.4) is 0 Å². The van der Waals surface area contributed by atoms with Crippen molar-refractivity contribution >= 4 is 6.09 Å². The number of amides is 1. The van der Waals surface area contributed by atoms with Crippen LogP contribution < -0.4 is 5.32 Å². The monoisotopic (exact) mass is 349 g/mol. The second kappa shape index (κ2) is 7.67. The summed E-state index contributed by atoms with van der Waals surface area (Å²) in [5.74, 6) is 1.31. The van der Waals surface area contributed by atoms with Crippen LogP contribution in [-0.2, 0) is 11.3 Å². The van der Waals surface area contributed by atoms with Crippen LogP contribution >= 0.6 is 0 Å². The van der Waals surface area contributed by atoms with Crippen LogP contribution in [0.2, 0.25) is 0 Å². The average molecular weight is 349 g/mol. The summed E-state index contributed by atoms with van der Waals surface area (Å²) < 4.78 is 12.4. The van der Waals surface area contributed by atoms with E-state index in [4.69, 9.17) is 9.26 Å². The van der Waals surface area contributed by atoms with Crippen LogP contribution in [-0.4, -0.2) is 38.2 Å². The summed E-state index contributed by atoms with van der Waals surface area (Å²) in [5.41, 5.74) is 0.265. The van der Waals surface area contributed by atoms with Gasteiger partial charge in [-0.25, -0.2) is 4.79 Å². The summed E-state index contributed by atoms with van der Waals surface area (Å²) in [4.78, 5) is 16.2. The van der Waals surface area contributed by atoms with Gasteiger partial charge in [-0.15, -0.1) is 0 Å². The van der Waals surface area contributed by atoms with E-state index in [1.54, 1.807) is 6.20 Å². The number of carbonyl (C=O) groups is 1. The van der Waals surface area contributed by atoms with Gasteiger partial charge in [0.2, 0.25) is 0 Å². The molecule has 2 rings (SSSR count). The first-order chi connectivity index (χ1) is 11.7. The quantitative estimate of drug-likeness (QED) is 0.860. The van der Waals surface area contributed by atoms with Gasteiger partial charge >= 0.3 is 6.09 Å². The summed E-state index contributed by atoms with van der Waals surface area (Å²) in [6.07, 6.45) is 1.26. The number of carbonyl (C=O) groups excluding carboxylic acids is 1. The molecule has 1 atom stereocenters. The van der Waals surface area contributed by atoms with E-state index in [0.717, 1.165) is 12.2 Å². The predicted molar refractivity (Wildman–Crippen MR) is 93.0 cm³/mol. The molecular weight excluding hydrogens is 322 g/mol. The fourth-order valence-corrected chi connectivity index (χ4v) is 2.19. The van der Waals surface area contributed by atoms with Crippen molar-refractivity contribution in [3.05, 3.63) is 18.1 Å². The van der Waals surface area contributed by atoms with Gasteiger partial charge in [0.1, 0.15) is 11.3 Å². The molecule has 1 amide bonds. The number of nitrogens with zero attached hydrogens (tertiary/aromatic N) is 4. The standard InChI is InChI=1S/C17H27N5O3/c1-11(2)10-22-13(7-8-19-22)15-20-14(21-25-15)12(3)9-18-16(23)24-17(4,5)6/h7-8,11-12H,9-10H2,1-6H3,(H,18,23). The first-order valence-electron chi connectivity index (χ1n) is 8.48. The second-order valence-corrected chi connectivity index (χ2v) is 7.53. The summed E-state index contributed by atoms with van der Waals surface area (Å²) in [7, 11) is 0. The molecule has 138 valence electrons. The van der Waals surface area contributed by atoms with Gasteiger partial charge in [-0.1, -0.05) is 25.9 Å². The molecule has 0 radical (unpaired) electrons. The lowest BCUT2D eigenvalue weighted by atomic mass is 10.1. The van der Waals surface area contributed by atoms with Gasteiger partial charge in [0.05, 0.1) is 0 Å². The van der Waals surface area contributed by atoms with Crippen molar-refractivity contribution in [3.63, 3.8) is 0 Å². The van der Waals surface area contributed by atoms with Gasteiger partial charge in [0.25, 0.3) is 5.89 Å². The number of alkyl carbamates (subject to hydrolysis) is 1. The maximum Gasteiger partial charge on any atom is 0.407 e. The van der Waals surface area contributed by atoms with Crippen molar-refractivity contribution in [3.8, 4) is 11.6 Å². The Hall–Kier alpha value is -2.38. The number of nitrogens with one attached hydrogen (secondary N) is 1. The summed E-state index contributed by atoms with van der Waals surface area (Å²) in [5, 5.41) is 11.0. The summed E-state index contributed by atoms with van der Waals surface area (Å²) >= 11 is 0. The van der Waals surface area contributed by atoms with Gasteiger partial charge in [-0.2, -0.15) is 10.1 Å². The van der Waals surface area contributed by atoms with E-state index >= 15 is 0 Å². The zero-order valence-electron chi connectivity index (χ0n) is 15.7. The first-order valence-corrected chi connectivity index (χ1v) is 8.48. The van der Waals surface area contributed by atoms with Crippen LogP contribution in [0.5, 0.6) is 0 Å². The van der Waals surface area contributed by atoms with E-state index < -0.39 is 11.7 Å². The number of hydrogen-bond donors (Lipinski definition) is 1. The van der Waals surface area contributed by atoms with Crippen molar-refractivity contribution < 1.29 is 14.1 Å². The Morgan fingerprint density at radius 3 is 2.72 bits per heavy atom. The van der Waals surface area contributed by atoms with Gasteiger partial charge in [0.15, 0.2) is 5.82 Å². The van der Waals surface area contributed by atoms with Crippen molar-refractivity contribution in [1.29, 1.82) is 0 Å². The minimum atomic E-state index is -0.526. The number of hydrogen-bond acceptors (Lipinski definition) is 6. The molecule has 2 aromatic heterocycles. The highest BCUT2D eigenvalue weighted by atomic mass is 16.6. The largest absolute Gasteiger partial charge is 0.444 e. The van der Waals surface area contributed by atoms with Crippen LogP contribution in [0, 0.1) is 5.92 Å². The molecule has 1 N–H and O–H groups in total. The average Bonchev–Trinajstić information content (AvgIpc) is 3.10. The Kier molecular flexibility index (Phi) is 5.81. The molecule has 0 aliphatic carbocycles. The fraction of sp³-hybridized carbons (Fsp3) is 0.647. The van der Waals surface area contributed by atoms with Gasteiger partial charge in [-0.05, 0) is 32.8 Å². The molecule has 0 aliphatic heterocycles. The van der Waals surface area contributed by atoms with Crippen LogP contribution in [0.1, 0.15) is 53.3 Å². The van der Waals surface area contributed by atoms with Crippen molar-refractivity contribution in [2.75, 3.05) is 6.54 Å². The maximum absolute atomic E-state index is 11.7. The molecule has 0 aromatic carbocycles. The smallest absolute Gasteiger partial charge is 0.407 e. The predicted octanol–water partition coefficient (Wildman–Crippen LogP) is 3.22. The number of aromatic nitrogens is 4. The highest BCUT2D eigenvalue weighted by molar-refractivity contribution is 5.67. The fourth-order valence-electron chi connectivity index (χ4n) is 2.19. The van der Waals surface area contributed by atoms with Crippen molar-refractivity contribution in [1.82, 2.24) is 25.2 Å². The lowest BCUT2D eigenvalue weighted by Gasteiger charge is -2.20. The third kappa shape index (κ3) is 5.58. The normalized spacial score (nSPS) is 13.1. The molecule has 0 aliphatic rings. The molecule has 2 heterocycles. The minimum Gasteiger partial charge on any atom is -0.444 e. The van der Waals surface area contributed by atoms with Gasteiger partial charge in [0, 0.05) is 25.2 Å². The van der Waals surface area contributed by atoms with Crippen molar-refractivity contribution in [2.24, 2.45) is 5.92 Å². The SMILES string of the molecule is CC(C)Cn1nccc1-c1nc(C(C)CNC(=O)OC(C)(C)C)no1. The van der Waals surface area contributed by atoms with E-state index in [1.165, 1.54) is 0 Å². The topological polar surface area (TPSA) is 95.1 Å². The van der Waals surface area contributed by atoms with E-state index in [0.29, 0.717) is 24.2 Å². The summed E-state index contributed by atoms with van der Waals surface area (Å²) in [6, 6.07) is 1.85. The highest BCUT2D eigenvalue weighted by Gasteiger charge is 2.20.